The van der Waals surface area contributed by atoms with Crippen LogP contribution in [0, 0.1) is 11.3 Å². The Kier molecular flexibility index (Phi) is 6.52. The van der Waals surface area contributed by atoms with Gasteiger partial charge in [0.05, 0.1) is 7.11 Å². The average molecular weight is 351 g/mol. The second-order valence-electron chi connectivity index (χ2n) is 5.19. The Balaban J connectivity index is 2.03. The molecule has 6 nitrogen and oxygen atoms in total. The van der Waals surface area contributed by atoms with Crippen LogP contribution in [0.3, 0.4) is 0 Å². The molecule has 0 fully saturated rings. The first kappa shape index (κ1) is 18.7. The summed E-state index contributed by atoms with van der Waals surface area (Å²) in [6, 6.07) is 13.3. The van der Waals surface area contributed by atoms with E-state index < -0.39 is 5.97 Å². The fourth-order valence-electron chi connectivity index (χ4n) is 2.09. The number of methoxy groups -OCH3 is 1. The third-order valence-electron chi connectivity index (χ3n) is 3.37. The highest BCUT2D eigenvalue weighted by Crippen LogP contribution is 2.28. The maximum absolute atomic E-state index is 11.9. The topological polar surface area (TPSA) is 85.6 Å². The molecule has 26 heavy (non-hydrogen) atoms. The van der Waals surface area contributed by atoms with E-state index >= 15 is 0 Å². The van der Waals surface area contributed by atoms with Crippen LogP contribution in [0.5, 0.6) is 17.2 Å². The molecule has 0 heterocycles. The van der Waals surface area contributed by atoms with Crippen molar-refractivity contribution in [2.75, 3.05) is 13.7 Å². The van der Waals surface area contributed by atoms with Crippen molar-refractivity contribution in [3.63, 3.8) is 0 Å². The third-order valence-corrected chi connectivity index (χ3v) is 3.37. The van der Waals surface area contributed by atoms with Gasteiger partial charge < -0.3 is 14.2 Å². The number of carbonyl (C=O) groups is 2. The fraction of sp³-hybridized carbons (Fsp3) is 0.150. The van der Waals surface area contributed by atoms with Gasteiger partial charge in [-0.2, -0.15) is 5.26 Å². The van der Waals surface area contributed by atoms with E-state index in [9.17, 15) is 9.59 Å². The molecule has 0 saturated heterocycles. The van der Waals surface area contributed by atoms with E-state index in [1.54, 1.807) is 48.5 Å². The van der Waals surface area contributed by atoms with Crippen LogP contribution in [0.2, 0.25) is 0 Å². The van der Waals surface area contributed by atoms with Crippen LogP contribution >= 0.6 is 0 Å². The van der Waals surface area contributed by atoms with Crippen molar-refractivity contribution in [1.29, 1.82) is 5.26 Å². The lowest BCUT2D eigenvalue weighted by molar-refractivity contribution is -0.128. The van der Waals surface area contributed by atoms with E-state index in [-0.39, 0.29) is 12.4 Å². The van der Waals surface area contributed by atoms with Crippen LogP contribution in [0.25, 0.3) is 6.08 Å². The summed E-state index contributed by atoms with van der Waals surface area (Å²) in [7, 11) is 1.49. The number of hydrogen-bond donors (Lipinski definition) is 0. The zero-order valence-corrected chi connectivity index (χ0v) is 14.4. The average Bonchev–Trinajstić information content (AvgIpc) is 2.65. The number of carbonyl (C=O) groups excluding carboxylic acids is 2. The van der Waals surface area contributed by atoms with Gasteiger partial charge in [0.25, 0.3) is 0 Å². The SMILES string of the molecule is COc1cc(/C=C/C(=O)Oc2ccc(C(C)=O)cc2)ccc1OCC#N. The summed E-state index contributed by atoms with van der Waals surface area (Å²) < 4.78 is 15.6. The van der Waals surface area contributed by atoms with Crippen LogP contribution in [-0.2, 0) is 4.79 Å². The van der Waals surface area contributed by atoms with Gasteiger partial charge in [0, 0.05) is 11.6 Å². The van der Waals surface area contributed by atoms with Gasteiger partial charge in [-0.1, -0.05) is 6.07 Å². The van der Waals surface area contributed by atoms with Gasteiger partial charge in [-0.05, 0) is 55.0 Å². The summed E-state index contributed by atoms with van der Waals surface area (Å²) in [4.78, 5) is 23.1. The molecule has 2 rings (SSSR count). The lowest BCUT2D eigenvalue weighted by Gasteiger charge is -2.08. The minimum atomic E-state index is -0.552. The number of esters is 1. The van der Waals surface area contributed by atoms with Gasteiger partial charge in [0.2, 0.25) is 0 Å². The molecule has 0 saturated carbocycles. The Morgan fingerprint density at radius 3 is 2.46 bits per heavy atom. The van der Waals surface area contributed by atoms with Crippen LogP contribution in [0.4, 0.5) is 0 Å². The predicted octanol–water partition coefficient (Wildman–Crippen LogP) is 3.42. The Morgan fingerprint density at radius 2 is 1.85 bits per heavy atom. The number of nitrogens with zero attached hydrogens (tertiary/aromatic N) is 1. The molecule has 2 aromatic rings. The summed E-state index contributed by atoms with van der Waals surface area (Å²) in [5.74, 6) is 0.640. The molecule has 0 aromatic heterocycles. The molecule has 2 aromatic carbocycles. The van der Waals surface area contributed by atoms with E-state index in [1.807, 2.05) is 6.07 Å². The monoisotopic (exact) mass is 351 g/mol. The second-order valence-corrected chi connectivity index (χ2v) is 5.19. The maximum Gasteiger partial charge on any atom is 0.336 e. The van der Waals surface area contributed by atoms with Gasteiger partial charge in [0.1, 0.15) is 11.8 Å². The third kappa shape index (κ3) is 5.21. The van der Waals surface area contributed by atoms with Crippen molar-refractivity contribution in [2.45, 2.75) is 6.92 Å². The molecule has 0 bridgehead atoms. The molecule has 0 N–H and O–H groups in total. The number of nitriles is 1. The molecule has 0 aliphatic rings. The second kappa shape index (κ2) is 9.04. The molecular weight excluding hydrogens is 334 g/mol. The molecule has 0 aliphatic carbocycles. The van der Waals surface area contributed by atoms with E-state index in [0.29, 0.717) is 28.4 Å². The number of hydrogen-bond acceptors (Lipinski definition) is 6. The zero-order valence-electron chi connectivity index (χ0n) is 14.4. The van der Waals surface area contributed by atoms with Gasteiger partial charge in [0.15, 0.2) is 23.9 Å². The smallest absolute Gasteiger partial charge is 0.336 e. The van der Waals surface area contributed by atoms with E-state index in [0.717, 1.165) is 0 Å². The molecule has 0 aliphatic heterocycles. The molecule has 0 spiro atoms. The lowest BCUT2D eigenvalue weighted by atomic mass is 10.1. The highest BCUT2D eigenvalue weighted by atomic mass is 16.5. The Bertz CT molecular complexity index is 863. The highest BCUT2D eigenvalue weighted by molar-refractivity contribution is 5.94. The molecule has 0 amide bonds. The van der Waals surface area contributed by atoms with Crippen LogP contribution in [0.15, 0.2) is 48.5 Å². The van der Waals surface area contributed by atoms with Crippen LogP contribution in [0.1, 0.15) is 22.8 Å². The Hall–Kier alpha value is -3.59. The summed E-state index contributed by atoms with van der Waals surface area (Å²) in [5, 5.41) is 8.56. The van der Waals surface area contributed by atoms with Gasteiger partial charge in [-0.25, -0.2) is 4.79 Å². The number of Topliss-reactive ketones (excluding diaryl/α,β-unsaturated/α-hetero) is 1. The Morgan fingerprint density at radius 1 is 1.12 bits per heavy atom. The van der Waals surface area contributed by atoms with Crippen LogP contribution in [-0.4, -0.2) is 25.5 Å². The number of ketones is 1. The summed E-state index contributed by atoms with van der Waals surface area (Å²) in [6.45, 7) is 1.38. The van der Waals surface area contributed by atoms with Gasteiger partial charge in [-0.3, -0.25) is 4.79 Å². The molecule has 0 radical (unpaired) electrons. The van der Waals surface area contributed by atoms with Gasteiger partial charge >= 0.3 is 5.97 Å². The van der Waals surface area contributed by atoms with Crippen LogP contribution < -0.4 is 14.2 Å². The van der Waals surface area contributed by atoms with Crippen molar-refractivity contribution >= 4 is 17.8 Å². The highest BCUT2D eigenvalue weighted by Gasteiger charge is 2.06. The number of rotatable bonds is 7. The first-order valence-corrected chi connectivity index (χ1v) is 7.72. The van der Waals surface area contributed by atoms with E-state index in [2.05, 4.69) is 0 Å². The van der Waals surface area contributed by atoms with E-state index in [1.165, 1.54) is 20.1 Å². The zero-order chi connectivity index (χ0) is 18.9. The minimum Gasteiger partial charge on any atom is -0.493 e. The molecule has 6 heteroatoms. The van der Waals surface area contributed by atoms with Crippen molar-refractivity contribution < 1.29 is 23.8 Å². The molecular formula is C20H17NO5. The predicted molar refractivity (Wildman–Crippen MR) is 95.2 cm³/mol. The fourth-order valence-corrected chi connectivity index (χ4v) is 2.09. The number of ether oxygens (including phenoxy) is 3. The van der Waals surface area contributed by atoms with Gasteiger partial charge in [-0.15, -0.1) is 0 Å². The first-order valence-electron chi connectivity index (χ1n) is 7.72. The quantitative estimate of drug-likeness (QED) is 0.329. The molecule has 132 valence electrons. The van der Waals surface area contributed by atoms with E-state index in [4.69, 9.17) is 19.5 Å². The molecule has 0 unspecified atom stereocenters. The summed E-state index contributed by atoms with van der Waals surface area (Å²) in [5.41, 5.74) is 1.25. The Labute approximate surface area is 151 Å². The normalized spacial score (nSPS) is 10.2. The first-order chi connectivity index (χ1) is 12.5. The summed E-state index contributed by atoms with van der Waals surface area (Å²) >= 11 is 0. The van der Waals surface area contributed by atoms with Crippen molar-refractivity contribution in [3.05, 3.63) is 59.7 Å². The van der Waals surface area contributed by atoms with Crippen molar-refractivity contribution in [1.82, 2.24) is 0 Å². The number of benzene rings is 2. The summed E-state index contributed by atoms with van der Waals surface area (Å²) in [6.07, 6.45) is 2.85. The lowest BCUT2D eigenvalue weighted by Crippen LogP contribution is -2.04. The van der Waals surface area contributed by atoms with Crippen molar-refractivity contribution in [3.8, 4) is 23.3 Å². The minimum absolute atomic E-state index is 0.0566. The largest absolute Gasteiger partial charge is 0.493 e. The standard InChI is InChI=1S/C20H17NO5/c1-14(22)16-5-7-17(8-6-16)26-20(23)10-4-15-3-9-18(25-12-11-21)19(13-15)24-2/h3-10,13H,12H2,1-2H3/b10-4+. The maximum atomic E-state index is 11.9. The van der Waals surface area contributed by atoms with Crippen molar-refractivity contribution in [2.24, 2.45) is 0 Å². The molecule has 0 atom stereocenters.